The summed E-state index contributed by atoms with van der Waals surface area (Å²) in [6.45, 7) is 0.129. The molecule has 7 heteroatoms. The van der Waals surface area contributed by atoms with Crippen LogP contribution in [-0.4, -0.2) is 11.8 Å². The van der Waals surface area contributed by atoms with Gasteiger partial charge in [-0.25, -0.2) is 8.78 Å². The molecule has 3 rings (SSSR count). The van der Waals surface area contributed by atoms with Crippen molar-refractivity contribution in [2.24, 2.45) is 5.73 Å². The van der Waals surface area contributed by atoms with E-state index in [-0.39, 0.29) is 23.0 Å². The molecule has 0 bridgehead atoms. The van der Waals surface area contributed by atoms with E-state index >= 15 is 0 Å². The monoisotopic (exact) mass is 308 g/mol. The number of halogens is 2. The number of nitrogens with two attached hydrogens (primary N) is 1. The number of nitrogens with one attached hydrogen (secondary N) is 1. The van der Waals surface area contributed by atoms with Gasteiger partial charge in [-0.3, -0.25) is 0 Å². The number of rotatable bonds is 3. The van der Waals surface area contributed by atoms with Crippen LogP contribution in [0.3, 0.4) is 0 Å². The van der Waals surface area contributed by atoms with Crippen LogP contribution < -0.4 is 20.5 Å². The summed E-state index contributed by atoms with van der Waals surface area (Å²) in [5.41, 5.74) is 5.69. The van der Waals surface area contributed by atoms with E-state index in [1.807, 2.05) is 0 Å². The van der Waals surface area contributed by atoms with Crippen LogP contribution in [-0.2, 0) is 0 Å². The van der Waals surface area contributed by atoms with Crippen LogP contribution in [0.1, 0.15) is 5.56 Å². The second-order valence-corrected chi connectivity index (χ2v) is 4.81. The molecule has 108 valence electrons. The summed E-state index contributed by atoms with van der Waals surface area (Å²) in [4.78, 5) is -0.0672. The summed E-state index contributed by atoms with van der Waals surface area (Å²) in [6.07, 6.45) is 0. The highest BCUT2D eigenvalue weighted by Crippen LogP contribution is 2.35. The van der Waals surface area contributed by atoms with Gasteiger partial charge in [0.1, 0.15) is 22.3 Å². The van der Waals surface area contributed by atoms with Gasteiger partial charge in [-0.15, -0.1) is 0 Å². The smallest absolute Gasteiger partial charge is 0.231 e. The van der Waals surface area contributed by atoms with Crippen LogP contribution in [0.25, 0.3) is 0 Å². The van der Waals surface area contributed by atoms with E-state index in [9.17, 15) is 8.78 Å². The minimum atomic E-state index is -0.782. The van der Waals surface area contributed by atoms with Crippen molar-refractivity contribution in [2.45, 2.75) is 0 Å². The van der Waals surface area contributed by atoms with E-state index < -0.39 is 11.6 Å². The first kappa shape index (κ1) is 13.6. The molecule has 0 saturated heterocycles. The Morgan fingerprint density at radius 1 is 1.10 bits per heavy atom. The Hall–Kier alpha value is -2.41. The lowest BCUT2D eigenvalue weighted by Gasteiger charge is -2.11. The maximum absolute atomic E-state index is 14.0. The molecule has 1 aliphatic heterocycles. The number of benzene rings is 2. The first-order chi connectivity index (χ1) is 10.0. The standard InChI is InChI=1S/C14H10F2N2O2S/c15-9-3-7(14(17)21)4-10(16)13(9)18-8-1-2-11-12(5-8)20-6-19-11/h1-5,18H,6H2,(H2,17,21). The molecular weight excluding hydrogens is 298 g/mol. The molecule has 21 heavy (non-hydrogen) atoms. The van der Waals surface area contributed by atoms with Crippen LogP contribution in [0.2, 0.25) is 0 Å². The Morgan fingerprint density at radius 3 is 2.43 bits per heavy atom. The van der Waals surface area contributed by atoms with E-state index in [2.05, 4.69) is 5.32 Å². The van der Waals surface area contributed by atoms with Crippen molar-refractivity contribution in [3.8, 4) is 11.5 Å². The number of hydrogen-bond donors (Lipinski definition) is 2. The predicted octanol–water partition coefficient (Wildman–Crippen LogP) is 3.07. The third kappa shape index (κ3) is 2.59. The van der Waals surface area contributed by atoms with Crippen molar-refractivity contribution in [1.29, 1.82) is 0 Å². The van der Waals surface area contributed by atoms with E-state index in [1.165, 1.54) is 0 Å². The zero-order valence-corrected chi connectivity index (χ0v) is 11.5. The zero-order valence-electron chi connectivity index (χ0n) is 10.7. The fraction of sp³-hybridized carbons (Fsp3) is 0.0714. The maximum atomic E-state index is 14.0. The van der Waals surface area contributed by atoms with Crippen molar-refractivity contribution >= 4 is 28.6 Å². The molecule has 1 aliphatic rings. The number of thiocarbonyl (C=S) groups is 1. The second-order valence-electron chi connectivity index (χ2n) is 4.37. The van der Waals surface area contributed by atoms with E-state index in [4.69, 9.17) is 27.4 Å². The van der Waals surface area contributed by atoms with Gasteiger partial charge in [0.25, 0.3) is 0 Å². The first-order valence-corrected chi connectivity index (χ1v) is 6.41. The Balaban J connectivity index is 1.93. The van der Waals surface area contributed by atoms with E-state index in [1.54, 1.807) is 18.2 Å². The van der Waals surface area contributed by atoms with Gasteiger partial charge in [0.15, 0.2) is 11.5 Å². The highest BCUT2D eigenvalue weighted by molar-refractivity contribution is 7.80. The quantitative estimate of drug-likeness (QED) is 0.854. The molecule has 0 unspecified atom stereocenters. The average Bonchev–Trinajstić information content (AvgIpc) is 2.90. The minimum absolute atomic E-state index is 0.0672. The van der Waals surface area contributed by atoms with Gasteiger partial charge >= 0.3 is 0 Å². The van der Waals surface area contributed by atoms with Gasteiger partial charge in [-0.1, -0.05) is 12.2 Å². The zero-order chi connectivity index (χ0) is 15.0. The molecule has 0 spiro atoms. The molecule has 0 amide bonds. The van der Waals surface area contributed by atoms with Gasteiger partial charge in [0, 0.05) is 17.3 Å². The summed E-state index contributed by atoms with van der Waals surface area (Å²) < 4.78 is 38.3. The Morgan fingerprint density at radius 2 is 1.76 bits per heavy atom. The number of fused-ring (bicyclic) bond motifs is 1. The topological polar surface area (TPSA) is 56.5 Å². The third-order valence-corrected chi connectivity index (χ3v) is 3.20. The molecule has 0 aromatic heterocycles. The molecule has 0 fully saturated rings. The average molecular weight is 308 g/mol. The fourth-order valence-electron chi connectivity index (χ4n) is 1.95. The second kappa shape index (κ2) is 5.17. The summed E-state index contributed by atoms with van der Waals surface area (Å²) >= 11 is 4.70. The van der Waals surface area contributed by atoms with E-state index in [0.717, 1.165) is 12.1 Å². The number of hydrogen-bond acceptors (Lipinski definition) is 4. The lowest BCUT2D eigenvalue weighted by atomic mass is 10.1. The van der Waals surface area contributed by atoms with Crippen LogP contribution in [0.4, 0.5) is 20.2 Å². The third-order valence-electron chi connectivity index (χ3n) is 2.97. The molecule has 1 heterocycles. The van der Waals surface area contributed by atoms with Crippen molar-refractivity contribution in [2.75, 3.05) is 12.1 Å². The highest BCUT2D eigenvalue weighted by Gasteiger charge is 2.16. The summed E-state index contributed by atoms with van der Waals surface area (Å²) in [6, 6.07) is 7.06. The van der Waals surface area contributed by atoms with Gasteiger partial charge in [-0.05, 0) is 24.3 Å². The first-order valence-electron chi connectivity index (χ1n) is 6.00. The Kier molecular flexibility index (Phi) is 3.34. The summed E-state index contributed by atoms with van der Waals surface area (Å²) in [5, 5.41) is 2.67. The molecule has 2 aromatic carbocycles. The van der Waals surface area contributed by atoms with Crippen molar-refractivity contribution in [3.63, 3.8) is 0 Å². The van der Waals surface area contributed by atoms with E-state index in [0.29, 0.717) is 17.2 Å². The van der Waals surface area contributed by atoms with Crippen LogP contribution in [0, 0.1) is 11.6 Å². The normalized spacial score (nSPS) is 12.3. The molecule has 0 atom stereocenters. The largest absolute Gasteiger partial charge is 0.454 e. The number of anilines is 2. The Labute approximate surface area is 124 Å². The molecule has 0 saturated carbocycles. The van der Waals surface area contributed by atoms with Crippen LogP contribution in [0.15, 0.2) is 30.3 Å². The van der Waals surface area contributed by atoms with Crippen LogP contribution in [0.5, 0.6) is 11.5 Å². The molecule has 2 aromatic rings. The molecule has 0 radical (unpaired) electrons. The van der Waals surface area contributed by atoms with Gasteiger partial charge in [0.2, 0.25) is 6.79 Å². The van der Waals surface area contributed by atoms with Crippen molar-refractivity contribution in [3.05, 3.63) is 47.5 Å². The summed E-state index contributed by atoms with van der Waals surface area (Å²) in [7, 11) is 0. The lowest BCUT2D eigenvalue weighted by molar-refractivity contribution is 0.174. The van der Waals surface area contributed by atoms with Gasteiger partial charge in [0.05, 0.1) is 0 Å². The van der Waals surface area contributed by atoms with Crippen molar-refractivity contribution in [1.82, 2.24) is 0 Å². The predicted molar refractivity (Wildman–Crippen MR) is 78.1 cm³/mol. The van der Waals surface area contributed by atoms with Gasteiger partial charge < -0.3 is 20.5 Å². The number of ether oxygens (including phenoxy) is 2. The molecule has 3 N–H and O–H groups in total. The van der Waals surface area contributed by atoms with Crippen molar-refractivity contribution < 1.29 is 18.3 Å². The summed E-state index contributed by atoms with van der Waals surface area (Å²) in [5.74, 6) is -0.461. The maximum Gasteiger partial charge on any atom is 0.231 e. The molecule has 4 nitrogen and oxygen atoms in total. The molecule has 0 aliphatic carbocycles. The Bertz CT molecular complexity index is 714. The minimum Gasteiger partial charge on any atom is -0.454 e. The lowest BCUT2D eigenvalue weighted by Crippen LogP contribution is -2.11. The SMILES string of the molecule is NC(=S)c1cc(F)c(Nc2ccc3c(c2)OCO3)c(F)c1. The molecular formula is C14H10F2N2O2S. The van der Waals surface area contributed by atoms with Gasteiger partial charge in [-0.2, -0.15) is 0 Å². The van der Waals surface area contributed by atoms with Crippen LogP contribution >= 0.6 is 12.2 Å². The fourth-order valence-corrected chi connectivity index (χ4v) is 2.07. The highest BCUT2D eigenvalue weighted by atomic mass is 32.1.